The van der Waals surface area contributed by atoms with E-state index in [9.17, 15) is 9.59 Å². The molecule has 0 heterocycles. The van der Waals surface area contributed by atoms with Gasteiger partial charge in [0.2, 0.25) is 0 Å². The minimum absolute atomic E-state index is 0.256. The molecule has 1 aliphatic rings. The SMILES string of the molecule is C[C@H](OC(=O)c1cccc(N(C)C)c1)C(=O)NCCC1=CCCCC1. The fraction of sp³-hybridized carbons (Fsp3) is 0.500. The van der Waals surface area contributed by atoms with Crippen molar-refractivity contribution in [2.24, 2.45) is 0 Å². The summed E-state index contributed by atoms with van der Waals surface area (Å²) in [6, 6.07) is 7.15. The Morgan fingerprint density at radius 2 is 2.08 bits per heavy atom. The summed E-state index contributed by atoms with van der Waals surface area (Å²) in [5.74, 6) is -0.741. The first-order valence-electron chi connectivity index (χ1n) is 8.91. The number of hydrogen-bond acceptors (Lipinski definition) is 4. The molecule has 1 atom stereocenters. The third-order valence-corrected chi connectivity index (χ3v) is 4.38. The lowest BCUT2D eigenvalue weighted by Crippen LogP contribution is -2.36. The van der Waals surface area contributed by atoms with Crippen molar-refractivity contribution in [1.82, 2.24) is 5.32 Å². The third-order valence-electron chi connectivity index (χ3n) is 4.38. The van der Waals surface area contributed by atoms with Crippen LogP contribution in [0.25, 0.3) is 0 Å². The summed E-state index contributed by atoms with van der Waals surface area (Å²) in [4.78, 5) is 26.2. The Hall–Kier alpha value is -2.30. The second kappa shape index (κ2) is 9.25. The average Bonchev–Trinajstić information content (AvgIpc) is 2.62. The number of rotatable bonds is 7. The van der Waals surface area contributed by atoms with Crippen LogP contribution in [0.3, 0.4) is 0 Å². The Labute approximate surface area is 150 Å². The van der Waals surface area contributed by atoms with Crippen LogP contribution < -0.4 is 10.2 Å². The van der Waals surface area contributed by atoms with E-state index in [1.807, 2.05) is 25.1 Å². The number of carbonyl (C=O) groups excluding carboxylic acids is 2. The normalized spacial score (nSPS) is 15.1. The highest BCUT2D eigenvalue weighted by atomic mass is 16.5. The van der Waals surface area contributed by atoms with Crippen molar-refractivity contribution < 1.29 is 14.3 Å². The zero-order chi connectivity index (χ0) is 18.2. The molecule has 0 saturated heterocycles. The smallest absolute Gasteiger partial charge is 0.338 e. The molecule has 0 spiro atoms. The molecule has 2 rings (SSSR count). The zero-order valence-electron chi connectivity index (χ0n) is 15.4. The second-order valence-electron chi connectivity index (χ2n) is 6.64. The standard InChI is InChI=1S/C20H28N2O3/c1-15(19(23)21-13-12-16-8-5-4-6-9-16)25-20(24)17-10-7-11-18(14-17)22(2)3/h7-8,10-11,14-15H,4-6,9,12-13H2,1-3H3,(H,21,23)/t15-/m0/s1. The lowest BCUT2D eigenvalue weighted by Gasteiger charge is -2.16. The summed E-state index contributed by atoms with van der Waals surface area (Å²) < 4.78 is 5.29. The van der Waals surface area contributed by atoms with Gasteiger partial charge in [-0.25, -0.2) is 4.79 Å². The fourth-order valence-electron chi connectivity index (χ4n) is 2.81. The van der Waals surface area contributed by atoms with Crippen molar-refractivity contribution in [3.63, 3.8) is 0 Å². The van der Waals surface area contributed by atoms with E-state index >= 15 is 0 Å². The summed E-state index contributed by atoms with van der Waals surface area (Å²) >= 11 is 0. The number of benzene rings is 1. The van der Waals surface area contributed by atoms with Gasteiger partial charge in [-0.1, -0.05) is 17.7 Å². The van der Waals surface area contributed by atoms with Crippen molar-refractivity contribution in [3.8, 4) is 0 Å². The first-order valence-corrected chi connectivity index (χ1v) is 8.91. The number of esters is 1. The molecule has 0 radical (unpaired) electrons. The van der Waals surface area contributed by atoms with Gasteiger partial charge in [0.05, 0.1) is 5.56 Å². The largest absolute Gasteiger partial charge is 0.449 e. The summed E-state index contributed by atoms with van der Waals surface area (Å²) in [5.41, 5.74) is 2.77. The van der Waals surface area contributed by atoms with E-state index in [-0.39, 0.29) is 5.91 Å². The molecule has 5 heteroatoms. The highest BCUT2D eigenvalue weighted by Crippen LogP contribution is 2.19. The first-order chi connectivity index (χ1) is 12.0. The van der Waals surface area contributed by atoms with Crippen molar-refractivity contribution in [1.29, 1.82) is 0 Å². The predicted octanol–water partition coefficient (Wildman–Crippen LogP) is 3.30. The van der Waals surface area contributed by atoms with Gasteiger partial charge in [0.1, 0.15) is 0 Å². The molecule has 136 valence electrons. The van der Waals surface area contributed by atoms with Gasteiger partial charge in [0, 0.05) is 26.3 Å². The minimum atomic E-state index is -0.809. The molecule has 0 aliphatic heterocycles. The van der Waals surface area contributed by atoms with Crippen molar-refractivity contribution in [2.75, 3.05) is 25.5 Å². The molecule has 1 amide bonds. The number of hydrogen-bond donors (Lipinski definition) is 1. The predicted molar refractivity (Wildman–Crippen MR) is 99.8 cm³/mol. The Morgan fingerprint density at radius 3 is 2.76 bits per heavy atom. The molecule has 0 bridgehead atoms. The fourth-order valence-corrected chi connectivity index (χ4v) is 2.81. The highest BCUT2D eigenvalue weighted by Gasteiger charge is 2.19. The molecular weight excluding hydrogens is 316 g/mol. The number of anilines is 1. The quantitative estimate of drug-likeness (QED) is 0.609. The van der Waals surface area contributed by atoms with Crippen LogP contribution in [-0.2, 0) is 9.53 Å². The molecule has 0 fully saturated rings. The van der Waals surface area contributed by atoms with Gasteiger partial charge < -0.3 is 15.0 Å². The van der Waals surface area contributed by atoms with E-state index in [2.05, 4.69) is 11.4 Å². The molecule has 1 aromatic carbocycles. The van der Waals surface area contributed by atoms with Crippen molar-refractivity contribution in [3.05, 3.63) is 41.5 Å². The Kier molecular flexibility index (Phi) is 7.04. The van der Waals surface area contributed by atoms with E-state index < -0.39 is 12.1 Å². The topological polar surface area (TPSA) is 58.6 Å². The summed E-state index contributed by atoms with van der Waals surface area (Å²) in [6.45, 7) is 2.19. The maximum Gasteiger partial charge on any atom is 0.338 e. The summed E-state index contributed by atoms with van der Waals surface area (Å²) in [7, 11) is 3.81. The third kappa shape index (κ3) is 5.93. The average molecular weight is 344 g/mol. The Morgan fingerprint density at radius 1 is 1.28 bits per heavy atom. The van der Waals surface area contributed by atoms with Crippen LogP contribution in [0.15, 0.2) is 35.9 Å². The lowest BCUT2D eigenvalue weighted by atomic mass is 9.97. The molecule has 1 aliphatic carbocycles. The van der Waals surface area contributed by atoms with Gasteiger partial charge in [-0.15, -0.1) is 0 Å². The van der Waals surface area contributed by atoms with Crippen LogP contribution in [-0.4, -0.2) is 38.6 Å². The summed E-state index contributed by atoms with van der Waals surface area (Å²) in [6.07, 6.45) is 7.11. The molecule has 5 nitrogen and oxygen atoms in total. The maximum absolute atomic E-state index is 12.2. The van der Waals surface area contributed by atoms with Gasteiger partial charge in [-0.2, -0.15) is 0 Å². The zero-order valence-corrected chi connectivity index (χ0v) is 15.4. The van der Waals surface area contributed by atoms with Gasteiger partial charge in [0.15, 0.2) is 6.10 Å². The monoisotopic (exact) mass is 344 g/mol. The number of amides is 1. The molecule has 0 aromatic heterocycles. The van der Waals surface area contributed by atoms with Crippen LogP contribution in [0.2, 0.25) is 0 Å². The lowest BCUT2D eigenvalue weighted by molar-refractivity contribution is -0.129. The Bertz CT molecular complexity index is 638. The number of allylic oxidation sites excluding steroid dienone is 1. The van der Waals surface area contributed by atoms with Crippen LogP contribution >= 0.6 is 0 Å². The van der Waals surface area contributed by atoms with E-state index in [0.717, 1.165) is 24.9 Å². The van der Waals surface area contributed by atoms with Crippen molar-refractivity contribution in [2.45, 2.75) is 45.1 Å². The number of carbonyl (C=O) groups is 2. The summed E-state index contributed by atoms with van der Waals surface area (Å²) in [5, 5.41) is 2.85. The van der Waals surface area contributed by atoms with E-state index in [4.69, 9.17) is 4.74 Å². The molecular formula is C20H28N2O3. The van der Waals surface area contributed by atoms with E-state index in [1.54, 1.807) is 25.1 Å². The molecule has 0 saturated carbocycles. The van der Waals surface area contributed by atoms with Crippen LogP contribution in [0.4, 0.5) is 5.69 Å². The van der Waals surface area contributed by atoms with E-state index in [0.29, 0.717) is 12.1 Å². The number of ether oxygens (including phenoxy) is 1. The van der Waals surface area contributed by atoms with Crippen LogP contribution in [0.5, 0.6) is 0 Å². The molecule has 0 unspecified atom stereocenters. The van der Waals surface area contributed by atoms with Gasteiger partial charge in [0.25, 0.3) is 5.91 Å². The van der Waals surface area contributed by atoms with E-state index in [1.165, 1.54) is 18.4 Å². The van der Waals surface area contributed by atoms with Gasteiger partial charge in [-0.3, -0.25) is 4.79 Å². The maximum atomic E-state index is 12.2. The van der Waals surface area contributed by atoms with Crippen LogP contribution in [0, 0.1) is 0 Å². The first kappa shape index (κ1) is 19.0. The Balaban J connectivity index is 1.80. The minimum Gasteiger partial charge on any atom is -0.449 e. The number of nitrogens with one attached hydrogen (secondary N) is 1. The second-order valence-corrected chi connectivity index (χ2v) is 6.64. The van der Waals surface area contributed by atoms with Crippen LogP contribution in [0.1, 0.15) is 49.4 Å². The highest BCUT2D eigenvalue weighted by molar-refractivity contribution is 5.93. The molecule has 25 heavy (non-hydrogen) atoms. The van der Waals surface area contributed by atoms with Gasteiger partial charge in [-0.05, 0) is 57.2 Å². The number of nitrogens with zero attached hydrogens (tertiary/aromatic N) is 1. The van der Waals surface area contributed by atoms with Crippen molar-refractivity contribution >= 4 is 17.6 Å². The molecule has 1 aromatic rings. The molecule has 1 N–H and O–H groups in total. The van der Waals surface area contributed by atoms with Gasteiger partial charge >= 0.3 is 5.97 Å².